The van der Waals surface area contributed by atoms with E-state index in [9.17, 15) is 9.59 Å². The van der Waals surface area contributed by atoms with E-state index in [-0.39, 0.29) is 11.8 Å². The summed E-state index contributed by atoms with van der Waals surface area (Å²) < 4.78 is 0. The Labute approximate surface area is 87.9 Å². The molecule has 1 N–H and O–H groups in total. The number of para-hydroxylation sites is 1. The molecule has 0 unspecified atom stereocenters. The van der Waals surface area contributed by atoms with Gasteiger partial charge in [0.2, 0.25) is 0 Å². The zero-order valence-corrected chi connectivity index (χ0v) is 8.65. The molecule has 2 rings (SSSR count). The van der Waals surface area contributed by atoms with Crippen LogP contribution in [0.2, 0.25) is 0 Å². The summed E-state index contributed by atoms with van der Waals surface area (Å²) in [6.07, 6.45) is 0. The van der Waals surface area contributed by atoms with Crippen molar-refractivity contribution in [2.45, 2.75) is 13.8 Å². The molecule has 1 aromatic rings. The van der Waals surface area contributed by atoms with Crippen molar-refractivity contribution in [2.75, 3.05) is 5.01 Å². The molecule has 0 aliphatic carbocycles. The van der Waals surface area contributed by atoms with Crippen molar-refractivity contribution in [1.29, 1.82) is 0 Å². The summed E-state index contributed by atoms with van der Waals surface area (Å²) in [7, 11) is 0. The lowest BCUT2D eigenvalue weighted by Gasteiger charge is -2.16. The number of hydrogen-bond acceptors (Lipinski definition) is 2. The van der Waals surface area contributed by atoms with E-state index in [2.05, 4.69) is 5.43 Å². The first-order valence-corrected chi connectivity index (χ1v) is 4.74. The fourth-order valence-corrected chi connectivity index (χ4v) is 1.43. The molecule has 78 valence electrons. The Bertz CT molecular complexity index is 412. The third-order valence-corrected chi connectivity index (χ3v) is 2.53. The zero-order valence-electron chi connectivity index (χ0n) is 8.65. The van der Waals surface area contributed by atoms with E-state index in [0.717, 1.165) is 0 Å². The number of hydrogen-bond donors (Lipinski definition) is 1. The second-order valence-corrected chi connectivity index (χ2v) is 4.04. The summed E-state index contributed by atoms with van der Waals surface area (Å²) in [5.74, 6) is -0.491. The zero-order chi connectivity index (χ0) is 11.1. The monoisotopic (exact) mass is 204 g/mol. The molecule has 4 nitrogen and oxygen atoms in total. The van der Waals surface area contributed by atoms with Gasteiger partial charge >= 0.3 is 0 Å². The van der Waals surface area contributed by atoms with E-state index in [1.165, 1.54) is 5.01 Å². The van der Waals surface area contributed by atoms with Gasteiger partial charge in [0.25, 0.3) is 11.8 Å². The summed E-state index contributed by atoms with van der Waals surface area (Å²) >= 11 is 0. The van der Waals surface area contributed by atoms with Gasteiger partial charge in [-0.3, -0.25) is 15.0 Å². The van der Waals surface area contributed by atoms with Crippen molar-refractivity contribution in [3.05, 3.63) is 30.3 Å². The average molecular weight is 204 g/mol. The molecule has 0 bridgehead atoms. The lowest BCUT2D eigenvalue weighted by molar-refractivity contribution is -0.133. The number of carbonyl (C=O) groups excluding carboxylic acids is 2. The van der Waals surface area contributed by atoms with Crippen molar-refractivity contribution in [3.63, 3.8) is 0 Å². The molecule has 0 radical (unpaired) electrons. The predicted octanol–water partition coefficient (Wildman–Crippen LogP) is 1.09. The summed E-state index contributed by atoms with van der Waals surface area (Å²) in [5.41, 5.74) is 2.26. The second-order valence-electron chi connectivity index (χ2n) is 4.04. The van der Waals surface area contributed by atoms with Gasteiger partial charge in [0.05, 0.1) is 5.69 Å². The summed E-state index contributed by atoms with van der Waals surface area (Å²) in [4.78, 5) is 23.4. The van der Waals surface area contributed by atoms with Crippen LogP contribution in [0.15, 0.2) is 30.3 Å². The van der Waals surface area contributed by atoms with E-state index in [0.29, 0.717) is 5.69 Å². The maximum absolute atomic E-state index is 11.9. The van der Waals surface area contributed by atoms with Gasteiger partial charge in [-0.05, 0) is 26.0 Å². The number of benzene rings is 1. The Morgan fingerprint density at radius 2 is 1.73 bits per heavy atom. The van der Waals surface area contributed by atoms with Gasteiger partial charge in [-0.25, -0.2) is 5.01 Å². The minimum Gasteiger partial charge on any atom is -0.272 e. The molecular weight excluding hydrogens is 192 g/mol. The Kier molecular flexibility index (Phi) is 2.00. The van der Waals surface area contributed by atoms with Crippen LogP contribution in [-0.2, 0) is 9.59 Å². The Balaban J connectivity index is 2.36. The van der Waals surface area contributed by atoms with E-state index in [4.69, 9.17) is 0 Å². The second kappa shape index (κ2) is 3.08. The molecule has 4 heteroatoms. The molecule has 1 aliphatic rings. The number of carbonyl (C=O) groups is 2. The SMILES string of the molecule is CC1(C)C(=O)NN(c2ccccc2)C1=O. The maximum Gasteiger partial charge on any atom is 0.260 e. The Morgan fingerprint density at radius 3 is 2.20 bits per heavy atom. The number of nitrogens with one attached hydrogen (secondary N) is 1. The molecule has 0 aromatic heterocycles. The maximum atomic E-state index is 11.9. The highest BCUT2D eigenvalue weighted by atomic mass is 16.2. The fraction of sp³-hybridized carbons (Fsp3) is 0.273. The van der Waals surface area contributed by atoms with Crippen LogP contribution in [0.25, 0.3) is 0 Å². The van der Waals surface area contributed by atoms with Crippen LogP contribution in [0.3, 0.4) is 0 Å². The fourth-order valence-electron chi connectivity index (χ4n) is 1.43. The quantitative estimate of drug-likeness (QED) is 0.696. The van der Waals surface area contributed by atoms with Gasteiger partial charge in [-0.15, -0.1) is 0 Å². The smallest absolute Gasteiger partial charge is 0.260 e. The van der Waals surface area contributed by atoms with Crippen LogP contribution < -0.4 is 10.4 Å². The third-order valence-electron chi connectivity index (χ3n) is 2.53. The van der Waals surface area contributed by atoms with Gasteiger partial charge in [0.15, 0.2) is 0 Å². The summed E-state index contributed by atoms with van der Waals surface area (Å²) in [5, 5.41) is 1.29. The number of rotatable bonds is 1. The lowest BCUT2D eigenvalue weighted by atomic mass is 9.93. The van der Waals surface area contributed by atoms with Crippen LogP contribution in [0.4, 0.5) is 5.69 Å². The molecule has 0 saturated carbocycles. The minimum absolute atomic E-state index is 0.223. The van der Waals surface area contributed by atoms with Crippen molar-refractivity contribution < 1.29 is 9.59 Å². The van der Waals surface area contributed by atoms with Crippen molar-refractivity contribution in [2.24, 2.45) is 5.41 Å². The Morgan fingerprint density at radius 1 is 1.13 bits per heavy atom. The number of anilines is 1. The van der Waals surface area contributed by atoms with E-state index in [1.807, 2.05) is 18.2 Å². The van der Waals surface area contributed by atoms with Crippen molar-refractivity contribution in [1.82, 2.24) is 5.43 Å². The lowest BCUT2D eigenvalue weighted by Crippen LogP contribution is -2.36. The molecule has 15 heavy (non-hydrogen) atoms. The van der Waals surface area contributed by atoms with Crippen LogP contribution in [0.1, 0.15) is 13.8 Å². The third kappa shape index (κ3) is 1.38. The van der Waals surface area contributed by atoms with Crippen LogP contribution in [0, 0.1) is 5.41 Å². The van der Waals surface area contributed by atoms with Crippen LogP contribution >= 0.6 is 0 Å². The van der Waals surface area contributed by atoms with Gasteiger partial charge in [-0.1, -0.05) is 18.2 Å². The normalized spacial score (nSPS) is 19.2. The van der Waals surface area contributed by atoms with Crippen LogP contribution in [0.5, 0.6) is 0 Å². The predicted molar refractivity (Wildman–Crippen MR) is 55.9 cm³/mol. The Hall–Kier alpha value is -1.84. The first kappa shape index (κ1) is 9.71. The number of nitrogens with zero attached hydrogens (tertiary/aromatic N) is 1. The van der Waals surface area contributed by atoms with Crippen molar-refractivity contribution in [3.8, 4) is 0 Å². The molecule has 0 atom stereocenters. The molecule has 1 aromatic carbocycles. The number of amides is 2. The van der Waals surface area contributed by atoms with Gasteiger partial charge < -0.3 is 0 Å². The highest BCUT2D eigenvalue weighted by molar-refractivity contribution is 6.17. The molecule has 0 spiro atoms. The van der Waals surface area contributed by atoms with E-state index in [1.54, 1.807) is 26.0 Å². The summed E-state index contributed by atoms with van der Waals surface area (Å²) in [6, 6.07) is 9.05. The molecule has 1 heterocycles. The topological polar surface area (TPSA) is 49.4 Å². The largest absolute Gasteiger partial charge is 0.272 e. The van der Waals surface area contributed by atoms with E-state index < -0.39 is 5.41 Å². The van der Waals surface area contributed by atoms with Gasteiger partial charge in [0.1, 0.15) is 5.41 Å². The van der Waals surface area contributed by atoms with Gasteiger partial charge in [0, 0.05) is 0 Å². The standard InChI is InChI=1S/C11H12N2O2/c1-11(2)9(14)12-13(10(11)15)8-6-4-3-5-7-8/h3-7H,1-2H3,(H,12,14). The van der Waals surface area contributed by atoms with Gasteiger partial charge in [-0.2, -0.15) is 0 Å². The minimum atomic E-state index is -0.976. The van der Waals surface area contributed by atoms with Crippen molar-refractivity contribution >= 4 is 17.5 Å². The molecular formula is C11H12N2O2. The molecule has 1 saturated heterocycles. The first-order valence-electron chi connectivity index (χ1n) is 4.74. The molecule has 1 fully saturated rings. The highest BCUT2D eigenvalue weighted by Gasteiger charge is 2.47. The summed E-state index contributed by atoms with van der Waals surface area (Å²) in [6.45, 7) is 3.24. The average Bonchev–Trinajstić information content (AvgIpc) is 2.44. The van der Waals surface area contributed by atoms with E-state index >= 15 is 0 Å². The highest BCUT2D eigenvalue weighted by Crippen LogP contribution is 2.27. The molecule has 2 amide bonds. The first-order chi connectivity index (χ1) is 7.03. The number of hydrazine groups is 1. The molecule has 1 aliphatic heterocycles. The van der Waals surface area contributed by atoms with Crippen LogP contribution in [-0.4, -0.2) is 11.8 Å².